The zero-order valence-corrected chi connectivity index (χ0v) is 16.3. The fourth-order valence-electron chi connectivity index (χ4n) is 2.98. The molecule has 1 aliphatic rings. The summed E-state index contributed by atoms with van der Waals surface area (Å²) >= 11 is 0. The number of H-pyrrole nitrogens is 1. The normalized spacial score (nSPS) is 14.6. The number of aromatic nitrogens is 1. The molecule has 1 aliphatic carbocycles. The van der Waals surface area contributed by atoms with Gasteiger partial charge in [0.25, 0.3) is 0 Å². The molecule has 23 heavy (non-hydrogen) atoms. The molecular formula is C18H27IN4. The number of hydrogen-bond donors (Lipinski definition) is 3. The summed E-state index contributed by atoms with van der Waals surface area (Å²) in [5.74, 6) is 1.87. The van der Waals surface area contributed by atoms with Gasteiger partial charge in [-0.05, 0) is 37.3 Å². The fourth-order valence-corrected chi connectivity index (χ4v) is 2.98. The first-order valence-electron chi connectivity index (χ1n) is 8.28. The summed E-state index contributed by atoms with van der Waals surface area (Å²) in [6.07, 6.45) is 5.09. The highest BCUT2D eigenvalue weighted by atomic mass is 127. The lowest BCUT2D eigenvalue weighted by Gasteiger charge is -2.11. The van der Waals surface area contributed by atoms with Gasteiger partial charge in [0.2, 0.25) is 0 Å². The second-order valence-electron chi connectivity index (χ2n) is 6.18. The summed E-state index contributed by atoms with van der Waals surface area (Å²) in [7, 11) is 1.84. The third kappa shape index (κ3) is 4.86. The lowest BCUT2D eigenvalue weighted by atomic mass is 10.1. The number of benzene rings is 1. The molecule has 1 heterocycles. The van der Waals surface area contributed by atoms with Crippen LogP contribution >= 0.6 is 24.0 Å². The Morgan fingerprint density at radius 3 is 2.70 bits per heavy atom. The molecule has 5 heteroatoms. The van der Waals surface area contributed by atoms with Crippen LogP contribution in [0.5, 0.6) is 0 Å². The molecule has 0 unspecified atom stereocenters. The molecule has 1 fully saturated rings. The quantitative estimate of drug-likeness (QED) is 0.376. The van der Waals surface area contributed by atoms with Crippen LogP contribution in [0.15, 0.2) is 29.3 Å². The number of fused-ring (bicyclic) bond motifs is 1. The number of halogens is 1. The number of guanidine groups is 1. The number of hydrogen-bond acceptors (Lipinski definition) is 1. The number of nitrogens with one attached hydrogen (secondary N) is 3. The Balaban J connectivity index is 0.00000192. The minimum atomic E-state index is 0. The van der Waals surface area contributed by atoms with Crippen molar-refractivity contribution in [3.05, 3.63) is 35.5 Å². The molecule has 3 rings (SSSR count). The van der Waals surface area contributed by atoms with E-state index in [2.05, 4.69) is 51.8 Å². The van der Waals surface area contributed by atoms with Gasteiger partial charge in [-0.15, -0.1) is 24.0 Å². The van der Waals surface area contributed by atoms with E-state index in [0.29, 0.717) is 0 Å². The van der Waals surface area contributed by atoms with E-state index in [1.807, 2.05) is 7.05 Å². The van der Waals surface area contributed by atoms with Crippen molar-refractivity contribution in [1.82, 2.24) is 15.6 Å². The molecular weight excluding hydrogens is 399 g/mol. The van der Waals surface area contributed by atoms with E-state index in [1.165, 1.54) is 41.4 Å². The Morgan fingerprint density at radius 1 is 1.22 bits per heavy atom. The van der Waals surface area contributed by atoms with Crippen molar-refractivity contribution < 1.29 is 0 Å². The van der Waals surface area contributed by atoms with E-state index < -0.39 is 0 Å². The second kappa shape index (κ2) is 8.57. The molecule has 126 valence electrons. The maximum atomic E-state index is 4.30. The molecule has 0 saturated heterocycles. The molecule has 0 radical (unpaired) electrons. The maximum Gasteiger partial charge on any atom is 0.190 e. The van der Waals surface area contributed by atoms with E-state index in [4.69, 9.17) is 0 Å². The van der Waals surface area contributed by atoms with Gasteiger partial charge in [0, 0.05) is 36.7 Å². The molecule has 0 aliphatic heterocycles. The first-order chi connectivity index (χ1) is 10.8. The lowest BCUT2D eigenvalue weighted by molar-refractivity contribution is 0.684. The van der Waals surface area contributed by atoms with Gasteiger partial charge in [0.1, 0.15) is 0 Å². The van der Waals surface area contributed by atoms with Crippen LogP contribution in [0.1, 0.15) is 30.5 Å². The number of para-hydroxylation sites is 1. The Morgan fingerprint density at radius 2 is 1.96 bits per heavy atom. The summed E-state index contributed by atoms with van der Waals surface area (Å²) < 4.78 is 0. The molecule has 3 N–H and O–H groups in total. The Kier molecular flexibility index (Phi) is 6.74. The average molecular weight is 426 g/mol. The van der Waals surface area contributed by atoms with Crippen molar-refractivity contribution >= 4 is 40.8 Å². The van der Waals surface area contributed by atoms with E-state index in [9.17, 15) is 0 Å². The predicted molar refractivity (Wildman–Crippen MR) is 109 cm³/mol. The van der Waals surface area contributed by atoms with E-state index >= 15 is 0 Å². The zero-order valence-electron chi connectivity index (χ0n) is 14.0. The highest BCUT2D eigenvalue weighted by molar-refractivity contribution is 14.0. The summed E-state index contributed by atoms with van der Waals surface area (Å²) in [4.78, 5) is 7.75. The van der Waals surface area contributed by atoms with Crippen molar-refractivity contribution in [2.75, 3.05) is 20.1 Å². The minimum absolute atomic E-state index is 0. The Bertz CT molecular complexity index is 658. The monoisotopic (exact) mass is 426 g/mol. The highest BCUT2D eigenvalue weighted by Gasteiger charge is 2.20. The number of nitrogens with zero attached hydrogens (tertiary/aromatic N) is 1. The number of rotatable bonds is 6. The van der Waals surface area contributed by atoms with Crippen LogP contribution in [0.3, 0.4) is 0 Å². The second-order valence-corrected chi connectivity index (χ2v) is 6.18. The first-order valence-corrected chi connectivity index (χ1v) is 8.28. The standard InChI is InChI=1S/C18H26N4.HI/c1-13-15(16-5-3-4-6-17(16)22-13)10-12-21-18(19-2)20-11-9-14-7-8-14;/h3-6,14,22H,7-12H2,1-2H3,(H2,19,20,21);1H. The van der Waals surface area contributed by atoms with Crippen LogP contribution in [0, 0.1) is 12.8 Å². The third-order valence-corrected chi connectivity index (χ3v) is 4.46. The van der Waals surface area contributed by atoms with Gasteiger partial charge in [-0.1, -0.05) is 31.0 Å². The molecule has 0 atom stereocenters. The van der Waals surface area contributed by atoms with E-state index in [1.54, 1.807) is 0 Å². The summed E-state index contributed by atoms with van der Waals surface area (Å²) in [5, 5.41) is 8.15. The number of aliphatic imine (C=N–C) groups is 1. The van der Waals surface area contributed by atoms with Gasteiger partial charge >= 0.3 is 0 Å². The van der Waals surface area contributed by atoms with Crippen molar-refractivity contribution in [2.24, 2.45) is 10.9 Å². The molecule has 2 aromatic rings. The molecule has 4 nitrogen and oxygen atoms in total. The smallest absolute Gasteiger partial charge is 0.190 e. The summed E-state index contributed by atoms with van der Waals surface area (Å²) in [5.41, 5.74) is 3.89. The van der Waals surface area contributed by atoms with Gasteiger partial charge in [-0.25, -0.2) is 0 Å². The fraction of sp³-hybridized carbons (Fsp3) is 0.500. The van der Waals surface area contributed by atoms with Gasteiger partial charge in [0.15, 0.2) is 5.96 Å². The maximum absolute atomic E-state index is 4.30. The number of aryl methyl sites for hydroxylation is 1. The topological polar surface area (TPSA) is 52.2 Å². The van der Waals surface area contributed by atoms with Gasteiger partial charge < -0.3 is 15.6 Å². The summed E-state index contributed by atoms with van der Waals surface area (Å²) in [6.45, 7) is 4.07. The van der Waals surface area contributed by atoms with Crippen molar-refractivity contribution in [2.45, 2.75) is 32.6 Å². The summed E-state index contributed by atoms with van der Waals surface area (Å²) in [6, 6.07) is 8.51. The van der Waals surface area contributed by atoms with Crippen LogP contribution in [-0.2, 0) is 6.42 Å². The molecule has 0 amide bonds. The largest absolute Gasteiger partial charge is 0.358 e. The highest BCUT2D eigenvalue weighted by Crippen LogP contribution is 2.31. The van der Waals surface area contributed by atoms with Crippen LogP contribution in [0.25, 0.3) is 10.9 Å². The van der Waals surface area contributed by atoms with Crippen LogP contribution in [-0.4, -0.2) is 31.1 Å². The van der Waals surface area contributed by atoms with Crippen molar-refractivity contribution in [3.8, 4) is 0 Å². The molecule has 0 spiro atoms. The molecule has 1 saturated carbocycles. The molecule has 1 aromatic heterocycles. The Labute approximate surface area is 155 Å². The first kappa shape index (κ1) is 18.1. The molecule has 1 aromatic carbocycles. The number of aromatic amines is 1. The SMILES string of the molecule is CN=C(NCCc1c(C)[nH]c2ccccc12)NCCC1CC1.I. The van der Waals surface area contributed by atoms with Crippen LogP contribution in [0.2, 0.25) is 0 Å². The lowest BCUT2D eigenvalue weighted by Crippen LogP contribution is -2.38. The molecule has 0 bridgehead atoms. The van der Waals surface area contributed by atoms with Gasteiger partial charge in [-0.3, -0.25) is 4.99 Å². The van der Waals surface area contributed by atoms with E-state index in [-0.39, 0.29) is 24.0 Å². The van der Waals surface area contributed by atoms with Gasteiger partial charge in [-0.2, -0.15) is 0 Å². The van der Waals surface area contributed by atoms with Crippen molar-refractivity contribution in [1.29, 1.82) is 0 Å². The van der Waals surface area contributed by atoms with Gasteiger partial charge in [0.05, 0.1) is 0 Å². The van der Waals surface area contributed by atoms with Crippen molar-refractivity contribution in [3.63, 3.8) is 0 Å². The third-order valence-electron chi connectivity index (χ3n) is 4.46. The average Bonchev–Trinajstić information content (AvgIpc) is 3.29. The minimum Gasteiger partial charge on any atom is -0.358 e. The van der Waals surface area contributed by atoms with E-state index in [0.717, 1.165) is 31.4 Å². The zero-order chi connectivity index (χ0) is 15.4. The Hall–Kier alpha value is -1.24. The van der Waals surface area contributed by atoms with Crippen LogP contribution in [0.4, 0.5) is 0 Å². The predicted octanol–water partition coefficient (Wildman–Crippen LogP) is 3.60. The van der Waals surface area contributed by atoms with Crippen LogP contribution < -0.4 is 10.6 Å².